The van der Waals surface area contributed by atoms with Gasteiger partial charge in [0, 0.05) is 32.6 Å². The van der Waals surface area contributed by atoms with Crippen LogP contribution in [0, 0.1) is 5.92 Å². The van der Waals surface area contributed by atoms with Crippen LogP contribution in [0.3, 0.4) is 0 Å². The van der Waals surface area contributed by atoms with Gasteiger partial charge in [0.1, 0.15) is 0 Å². The first-order chi connectivity index (χ1) is 10.2. The first-order valence-corrected chi connectivity index (χ1v) is 8.87. The summed E-state index contributed by atoms with van der Waals surface area (Å²) in [6, 6.07) is 0. The van der Waals surface area contributed by atoms with Gasteiger partial charge in [-0.3, -0.25) is 4.79 Å². The van der Waals surface area contributed by atoms with E-state index in [0.29, 0.717) is 11.8 Å². The zero-order chi connectivity index (χ0) is 15.5. The molecule has 0 radical (unpaired) electrons. The Morgan fingerprint density at radius 1 is 1.10 bits per heavy atom. The molecule has 0 saturated carbocycles. The van der Waals surface area contributed by atoms with Gasteiger partial charge in [-0.15, -0.1) is 0 Å². The molecule has 0 aromatic rings. The van der Waals surface area contributed by atoms with Crippen LogP contribution in [0.15, 0.2) is 0 Å². The molecule has 1 aliphatic heterocycles. The molecule has 4 heteroatoms. The summed E-state index contributed by atoms with van der Waals surface area (Å²) in [5, 5.41) is 0. The van der Waals surface area contributed by atoms with Crippen molar-refractivity contribution in [3.8, 4) is 0 Å². The molecule has 1 atom stereocenters. The summed E-state index contributed by atoms with van der Waals surface area (Å²) in [5.41, 5.74) is 5.70. The van der Waals surface area contributed by atoms with Crippen LogP contribution < -0.4 is 5.73 Å². The van der Waals surface area contributed by atoms with Crippen LogP contribution in [-0.4, -0.2) is 55.0 Å². The van der Waals surface area contributed by atoms with Gasteiger partial charge in [-0.05, 0) is 31.8 Å². The van der Waals surface area contributed by atoms with Crippen molar-refractivity contribution >= 4 is 5.91 Å². The number of nitrogens with two attached hydrogens (primary N) is 1. The van der Waals surface area contributed by atoms with Gasteiger partial charge in [0.05, 0.1) is 0 Å². The predicted octanol–water partition coefficient (Wildman–Crippen LogP) is 2.48. The minimum absolute atomic E-state index is 0.361. The quantitative estimate of drug-likeness (QED) is 0.665. The largest absolute Gasteiger partial charge is 0.341 e. The van der Waals surface area contributed by atoms with E-state index in [-0.39, 0.29) is 0 Å². The fraction of sp³-hybridized carbons (Fsp3) is 0.941. The molecular weight excluding hydrogens is 262 g/mol. The van der Waals surface area contributed by atoms with Gasteiger partial charge in [0.25, 0.3) is 0 Å². The van der Waals surface area contributed by atoms with Crippen molar-refractivity contribution in [3.05, 3.63) is 0 Å². The van der Waals surface area contributed by atoms with E-state index < -0.39 is 0 Å². The monoisotopic (exact) mass is 297 g/mol. The second-order valence-electron chi connectivity index (χ2n) is 6.54. The Hall–Kier alpha value is -0.610. The minimum Gasteiger partial charge on any atom is -0.341 e. The number of carbonyl (C=O) groups excluding carboxylic acids is 1. The third-order valence-corrected chi connectivity index (χ3v) is 4.41. The Bertz CT molecular complexity index is 283. The molecule has 0 aromatic heterocycles. The van der Waals surface area contributed by atoms with E-state index in [0.717, 1.165) is 58.5 Å². The Morgan fingerprint density at radius 2 is 1.86 bits per heavy atom. The molecule has 1 rings (SSSR count). The molecule has 1 aliphatic rings. The maximum atomic E-state index is 12.3. The SMILES string of the molecule is CCCCCCCC(=O)N1CCCN(CC(C)CN)CC1. The highest BCUT2D eigenvalue weighted by molar-refractivity contribution is 5.76. The Labute approximate surface area is 131 Å². The van der Waals surface area contributed by atoms with Crippen molar-refractivity contribution in [3.63, 3.8) is 0 Å². The summed E-state index contributed by atoms with van der Waals surface area (Å²) >= 11 is 0. The standard InChI is InChI=1S/C17H35N3O/c1-3-4-5-6-7-9-17(21)20-11-8-10-19(12-13-20)15-16(2)14-18/h16H,3-15,18H2,1-2H3. The molecule has 1 saturated heterocycles. The zero-order valence-electron chi connectivity index (χ0n) is 14.1. The topological polar surface area (TPSA) is 49.6 Å². The Morgan fingerprint density at radius 3 is 2.57 bits per heavy atom. The van der Waals surface area contributed by atoms with Gasteiger partial charge in [0.2, 0.25) is 5.91 Å². The molecule has 2 N–H and O–H groups in total. The summed E-state index contributed by atoms with van der Waals surface area (Å²) in [7, 11) is 0. The smallest absolute Gasteiger partial charge is 0.222 e. The van der Waals surface area contributed by atoms with Gasteiger partial charge >= 0.3 is 0 Å². The van der Waals surface area contributed by atoms with Crippen LogP contribution in [0.1, 0.15) is 58.8 Å². The van der Waals surface area contributed by atoms with E-state index in [2.05, 4.69) is 23.6 Å². The lowest BCUT2D eigenvalue weighted by molar-refractivity contribution is -0.131. The molecule has 1 fully saturated rings. The second kappa shape index (κ2) is 11.0. The third-order valence-electron chi connectivity index (χ3n) is 4.41. The van der Waals surface area contributed by atoms with Crippen molar-refractivity contribution in [1.29, 1.82) is 0 Å². The highest BCUT2D eigenvalue weighted by atomic mass is 16.2. The van der Waals surface area contributed by atoms with Gasteiger partial charge in [-0.1, -0.05) is 39.5 Å². The maximum Gasteiger partial charge on any atom is 0.222 e. The first-order valence-electron chi connectivity index (χ1n) is 8.87. The molecular formula is C17H35N3O. The van der Waals surface area contributed by atoms with Crippen molar-refractivity contribution in [2.75, 3.05) is 39.3 Å². The molecule has 4 nitrogen and oxygen atoms in total. The predicted molar refractivity (Wildman–Crippen MR) is 89.2 cm³/mol. The molecule has 1 amide bonds. The number of hydrogen-bond donors (Lipinski definition) is 1. The van der Waals surface area contributed by atoms with E-state index in [1.807, 2.05) is 0 Å². The van der Waals surface area contributed by atoms with Crippen molar-refractivity contribution in [2.45, 2.75) is 58.8 Å². The summed E-state index contributed by atoms with van der Waals surface area (Å²) < 4.78 is 0. The van der Waals surface area contributed by atoms with Crippen LogP contribution in [-0.2, 0) is 4.79 Å². The fourth-order valence-electron chi connectivity index (χ4n) is 2.96. The number of nitrogens with zero attached hydrogens (tertiary/aromatic N) is 2. The molecule has 0 spiro atoms. The van der Waals surface area contributed by atoms with Crippen LogP contribution in [0.4, 0.5) is 0 Å². The van der Waals surface area contributed by atoms with Crippen molar-refractivity contribution in [2.24, 2.45) is 11.7 Å². The van der Waals surface area contributed by atoms with Gasteiger partial charge < -0.3 is 15.5 Å². The van der Waals surface area contributed by atoms with Crippen molar-refractivity contribution < 1.29 is 4.79 Å². The second-order valence-corrected chi connectivity index (χ2v) is 6.54. The van der Waals surface area contributed by atoms with E-state index >= 15 is 0 Å². The highest BCUT2D eigenvalue weighted by Gasteiger charge is 2.19. The van der Waals surface area contributed by atoms with E-state index in [1.54, 1.807) is 0 Å². The molecule has 0 aliphatic carbocycles. The Kier molecular flexibility index (Phi) is 9.68. The van der Waals surface area contributed by atoms with Crippen molar-refractivity contribution in [1.82, 2.24) is 9.80 Å². The molecule has 124 valence electrons. The summed E-state index contributed by atoms with van der Waals surface area (Å²) in [6.07, 6.45) is 7.93. The lowest BCUT2D eigenvalue weighted by atomic mass is 10.1. The van der Waals surface area contributed by atoms with Crippen LogP contribution >= 0.6 is 0 Å². The first kappa shape index (κ1) is 18.4. The number of rotatable bonds is 9. The van der Waals surface area contributed by atoms with Gasteiger partial charge in [-0.2, -0.15) is 0 Å². The van der Waals surface area contributed by atoms with E-state index in [1.165, 1.54) is 25.7 Å². The molecule has 21 heavy (non-hydrogen) atoms. The number of amides is 1. The van der Waals surface area contributed by atoms with Crippen LogP contribution in [0.5, 0.6) is 0 Å². The third kappa shape index (κ3) is 7.82. The average molecular weight is 297 g/mol. The average Bonchev–Trinajstić information content (AvgIpc) is 2.72. The number of hydrogen-bond acceptors (Lipinski definition) is 3. The number of carbonyl (C=O) groups is 1. The molecule has 1 unspecified atom stereocenters. The Balaban J connectivity index is 2.22. The summed E-state index contributed by atoms with van der Waals surface area (Å²) in [6.45, 7) is 10.2. The van der Waals surface area contributed by atoms with E-state index in [4.69, 9.17) is 5.73 Å². The lowest BCUT2D eigenvalue weighted by Crippen LogP contribution is -2.37. The number of unbranched alkanes of at least 4 members (excludes halogenated alkanes) is 4. The minimum atomic E-state index is 0.361. The fourth-order valence-corrected chi connectivity index (χ4v) is 2.96. The van der Waals surface area contributed by atoms with Gasteiger partial charge in [0.15, 0.2) is 0 Å². The van der Waals surface area contributed by atoms with Crippen LogP contribution in [0.2, 0.25) is 0 Å². The van der Waals surface area contributed by atoms with E-state index in [9.17, 15) is 4.79 Å². The molecule has 0 aromatic carbocycles. The highest BCUT2D eigenvalue weighted by Crippen LogP contribution is 2.10. The zero-order valence-corrected chi connectivity index (χ0v) is 14.1. The lowest BCUT2D eigenvalue weighted by Gasteiger charge is -2.24. The van der Waals surface area contributed by atoms with Gasteiger partial charge in [-0.25, -0.2) is 0 Å². The molecule has 0 bridgehead atoms. The maximum absolute atomic E-state index is 12.3. The molecule has 1 heterocycles. The van der Waals surface area contributed by atoms with Crippen LogP contribution in [0.25, 0.3) is 0 Å². The summed E-state index contributed by atoms with van der Waals surface area (Å²) in [4.78, 5) is 16.8. The normalized spacial score (nSPS) is 18.5. The summed E-state index contributed by atoms with van der Waals surface area (Å²) in [5.74, 6) is 0.908.